The van der Waals surface area contributed by atoms with Crippen LogP contribution in [0.3, 0.4) is 0 Å². The Kier molecular flexibility index (Phi) is 2.33. The molecule has 0 amide bonds. The van der Waals surface area contributed by atoms with Gasteiger partial charge in [-0.15, -0.1) is 11.6 Å². The van der Waals surface area contributed by atoms with Crippen molar-refractivity contribution < 1.29 is 4.52 Å². The minimum absolute atomic E-state index is 0.403. The van der Waals surface area contributed by atoms with Gasteiger partial charge in [-0.3, -0.25) is 0 Å². The summed E-state index contributed by atoms with van der Waals surface area (Å²) in [6.45, 7) is 4.13. The zero-order chi connectivity index (χ0) is 7.56. The van der Waals surface area contributed by atoms with Crippen LogP contribution in [0.1, 0.15) is 31.2 Å². The predicted molar refractivity (Wildman–Crippen MR) is 40.1 cm³/mol. The zero-order valence-electron chi connectivity index (χ0n) is 6.10. The lowest BCUT2D eigenvalue weighted by molar-refractivity contribution is 0.385. The van der Waals surface area contributed by atoms with Crippen molar-refractivity contribution in [2.45, 2.75) is 25.6 Å². The van der Waals surface area contributed by atoms with E-state index in [0.717, 1.165) is 11.5 Å². The van der Waals surface area contributed by atoms with Gasteiger partial charge < -0.3 is 4.52 Å². The largest absolute Gasteiger partial charge is 0.360 e. The first-order chi connectivity index (χ1) is 4.74. The lowest BCUT2D eigenvalue weighted by Crippen LogP contribution is -1.84. The highest BCUT2D eigenvalue weighted by molar-refractivity contribution is 6.16. The van der Waals surface area contributed by atoms with Crippen LogP contribution in [0.5, 0.6) is 0 Å². The Morgan fingerprint density at radius 2 is 2.40 bits per heavy atom. The van der Waals surface area contributed by atoms with Crippen molar-refractivity contribution in [3.63, 3.8) is 0 Å². The Morgan fingerprint density at radius 1 is 1.70 bits per heavy atom. The molecule has 3 heteroatoms. The maximum atomic E-state index is 5.51. The molecular formula is C7H10ClNO. The van der Waals surface area contributed by atoms with Crippen LogP contribution in [0, 0.1) is 0 Å². The highest BCUT2D eigenvalue weighted by Crippen LogP contribution is 2.14. The molecule has 1 heterocycles. The fraction of sp³-hybridized carbons (Fsp3) is 0.571. The van der Waals surface area contributed by atoms with Crippen molar-refractivity contribution >= 4 is 11.6 Å². The summed E-state index contributed by atoms with van der Waals surface area (Å²) < 4.78 is 4.89. The van der Waals surface area contributed by atoms with Crippen molar-refractivity contribution in [1.29, 1.82) is 0 Å². The maximum absolute atomic E-state index is 5.51. The Balaban J connectivity index is 2.78. The van der Waals surface area contributed by atoms with Crippen molar-refractivity contribution in [1.82, 2.24) is 5.16 Å². The van der Waals surface area contributed by atoms with E-state index >= 15 is 0 Å². The molecule has 0 aliphatic heterocycles. The highest BCUT2D eigenvalue weighted by Gasteiger charge is 2.05. The maximum Gasteiger partial charge on any atom is 0.151 e. The normalized spacial score (nSPS) is 10.8. The lowest BCUT2D eigenvalue weighted by Gasteiger charge is -1.92. The summed E-state index contributed by atoms with van der Waals surface area (Å²) in [7, 11) is 0. The van der Waals surface area contributed by atoms with Gasteiger partial charge in [0.25, 0.3) is 0 Å². The second kappa shape index (κ2) is 3.06. The van der Waals surface area contributed by atoms with Crippen LogP contribution < -0.4 is 0 Å². The monoisotopic (exact) mass is 159 g/mol. The van der Waals surface area contributed by atoms with Gasteiger partial charge in [0.1, 0.15) is 0 Å². The van der Waals surface area contributed by atoms with Crippen LogP contribution in [0.25, 0.3) is 0 Å². The van der Waals surface area contributed by atoms with E-state index in [4.69, 9.17) is 16.1 Å². The molecule has 1 aromatic heterocycles. The Labute approximate surface area is 65.2 Å². The highest BCUT2D eigenvalue weighted by atomic mass is 35.5. The first-order valence-electron chi connectivity index (χ1n) is 3.25. The number of hydrogen-bond donors (Lipinski definition) is 0. The topological polar surface area (TPSA) is 26.0 Å². The van der Waals surface area contributed by atoms with E-state index in [1.165, 1.54) is 0 Å². The van der Waals surface area contributed by atoms with E-state index in [1.807, 2.05) is 6.07 Å². The third kappa shape index (κ3) is 1.51. The molecule has 0 bridgehead atoms. The molecule has 0 spiro atoms. The molecule has 0 unspecified atom stereocenters. The molecule has 0 saturated heterocycles. The van der Waals surface area contributed by atoms with Gasteiger partial charge in [0.2, 0.25) is 0 Å². The van der Waals surface area contributed by atoms with Crippen molar-refractivity contribution in [2.24, 2.45) is 0 Å². The molecule has 0 saturated carbocycles. The first-order valence-corrected chi connectivity index (χ1v) is 3.79. The number of alkyl halides is 1. The second-order valence-electron chi connectivity index (χ2n) is 2.51. The summed E-state index contributed by atoms with van der Waals surface area (Å²) in [5, 5.41) is 3.83. The first kappa shape index (κ1) is 7.61. The van der Waals surface area contributed by atoms with E-state index < -0.39 is 0 Å². The van der Waals surface area contributed by atoms with Crippen LogP contribution in [-0.4, -0.2) is 5.16 Å². The summed E-state index contributed by atoms with van der Waals surface area (Å²) in [4.78, 5) is 0. The molecule has 0 aromatic carbocycles. The number of halogens is 1. The molecule has 1 rings (SSSR count). The standard InChI is InChI=1S/C7H10ClNO/c1-5(2)7-3-6(4-8)10-9-7/h3,5H,4H2,1-2H3. The molecule has 0 N–H and O–H groups in total. The lowest BCUT2D eigenvalue weighted by atomic mass is 10.1. The number of hydrogen-bond acceptors (Lipinski definition) is 2. The van der Waals surface area contributed by atoms with Crippen molar-refractivity contribution in [3.8, 4) is 0 Å². The average molecular weight is 160 g/mol. The van der Waals surface area contributed by atoms with Crippen molar-refractivity contribution in [3.05, 3.63) is 17.5 Å². The number of nitrogens with zero attached hydrogens (tertiary/aromatic N) is 1. The summed E-state index contributed by atoms with van der Waals surface area (Å²) in [5.74, 6) is 1.56. The predicted octanol–water partition coefficient (Wildman–Crippen LogP) is 2.54. The van der Waals surface area contributed by atoms with Crippen LogP contribution in [0.2, 0.25) is 0 Å². The van der Waals surface area contributed by atoms with Crippen LogP contribution in [0.4, 0.5) is 0 Å². The van der Waals surface area contributed by atoms with Gasteiger partial charge in [-0.25, -0.2) is 0 Å². The van der Waals surface area contributed by atoms with E-state index in [0.29, 0.717) is 11.8 Å². The Hall–Kier alpha value is -0.500. The molecule has 0 aliphatic rings. The van der Waals surface area contributed by atoms with E-state index in [1.54, 1.807) is 0 Å². The van der Waals surface area contributed by atoms with Crippen LogP contribution in [0.15, 0.2) is 10.6 Å². The van der Waals surface area contributed by atoms with Crippen LogP contribution >= 0.6 is 11.6 Å². The fourth-order valence-corrected chi connectivity index (χ4v) is 0.790. The Bertz CT molecular complexity index is 207. The summed E-state index contributed by atoms with van der Waals surface area (Å²) in [5.41, 5.74) is 0.968. The fourth-order valence-electron chi connectivity index (χ4n) is 0.664. The van der Waals surface area contributed by atoms with E-state index in [-0.39, 0.29) is 0 Å². The van der Waals surface area contributed by atoms with Gasteiger partial charge in [0, 0.05) is 6.07 Å². The quantitative estimate of drug-likeness (QED) is 0.620. The van der Waals surface area contributed by atoms with Crippen molar-refractivity contribution in [2.75, 3.05) is 0 Å². The van der Waals surface area contributed by atoms with Gasteiger partial charge in [0.15, 0.2) is 5.76 Å². The molecular weight excluding hydrogens is 150 g/mol. The Morgan fingerprint density at radius 3 is 2.70 bits per heavy atom. The van der Waals surface area contributed by atoms with Crippen LogP contribution in [-0.2, 0) is 5.88 Å². The second-order valence-corrected chi connectivity index (χ2v) is 2.77. The minimum atomic E-state index is 0.403. The summed E-state index contributed by atoms with van der Waals surface area (Å²) >= 11 is 5.51. The summed E-state index contributed by atoms with van der Waals surface area (Å²) in [6.07, 6.45) is 0. The third-order valence-corrected chi connectivity index (χ3v) is 1.56. The molecule has 0 atom stereocenters. The van der Waals surface area contributed by atoms with Gasteiger partial charge in [-0.05, 0) is 5.92 Å². The van der Waals surface area contributed by atoms with Gasteiger partial charge in [-0.1, -0.05) is 19.0 Å². The van der Waals surface area contributed by atoms with Gasteiger partial charge in [0.05, 0.1) is 11.6 Å². The molecule has 2 nitrogen and oxygen atoms in total. The summed E-state index contributed by atoms with van der Waals surface area (Å²) in [6, 6.07) is 1.89. The average Bonchev–Trinajstić information content (AvgIpc) is 2.34. The van der Waals surface area contributed by atoms with Gasteiger partial charge >= 0.3 is 0 Å². The SMILES string of the molecule is CC(C)c1cc(CCl)on1. The molecule has 56 valence electrons. The molecule has 0 radical (unpaired) electrons. The minimum Gasteiger partial charge on any atom is -0.360 e. The van der Waals surface area contributed by atoms with E-state index in [2.05, 4.69) is 19.0 Å². The molecule has 1 aromatic rings. The number of rotatable bonds is 2. The smallest absolute Gasteiger partial charge is 0.151 e. The molecule has 10 heavy (non-hydrogen) atoms. The number of aromatic nitrogens is 1. The van der Waals surface area contributed by atoms with E-state index in [9.17, 15) is 0 Å². The third-order valence-electron chi connectivity index (χ3n) is 1.30. The van der Waals surface area contributed by atoms with Gasteiger partial charge in [-0.2, -0.15) is 0 Å². The molecule has 0 aliphatic carbocycles. The zero-order valence-corrected chi connectivity index (χ0v) is 6.85. The molecule has 0 fully saturated rings.